The Kier molecular flexibility index (Phi) is 14.8. The number of carbonyl (C=O) groups is 4. The van der Waals surface area contributed by atoms with Crippen LogP contribution in [0.3, 0.4) is 0 Å². The van der Waals surface area contributed by atoms with Crippen LogP contribution in [-0.2, 0) is 91.6 Å². The zero-order chi connectivity index (χ0) is 29.0. The van der Waals surface area contributed by atoms with Gasteiger partial charge in [0.05, 0.1) is 28.4 Å². The summed E-state index contributed by atoms with van der Waals surface area (Å²) in [5.41, 5.74) is 0. The molecule has 2 radical (unpaired) electrons. The summed E-state index contributed by atoms with van der Waals surface area (Å²) in [6.07, 6.45) is -0.849. The Morgan fingerprint density at radius 2 is 1.00 bits per heavy atom. The van der Waals surface area contributed by atoms with Gasteiger partial charge in [0.25, 0.3) is 5.97 Å². The molecule has 4 rings (SSSR count). The second-order valence-corrected chi connectivity index (χ2v) is 9.85. The number of ether oxygens (including phenoxy) is 4. The van der Waals surface area contributed by atoms with E-state index in [2.05, 4.69) is 5.32 Å². The molecule has 4 fully saturated rings. The van der Waals surface area contributed by atoms with E-state index >= 15 is 0 Å². The minimum atomic E-state index is -1.06. The largest absolute Gasteiger partial charge is 0.623 e. The number of hydroxylamine groups is 6. The van der Waals surface area contributed by atoms with Crippen molar-refractivity contribution in [3.63, 3.8) is 0 Å². The van der Waals surface area contributed by atoms with Crippen molar-refractivity contribution in [1.82, 2.24) is 15.2 Å². The number of esters is 4. The fourth-order valence-electron chi connectivity index (χ4n) is 5.44. The van der Waals surface area contributed by atoms with Gasteiger partial charge in [-0.1, -0.05) is 6.42 Å². The number of aliphatic hydroxyl groups is 1. The third-order valence-corrected chi connectivity index (χ3v) is 7.51. The molecule has 1 N–H and O–H groups in total. The van der Waals surface area contributed by atoms with Gasteiger partial charge in [-0.15, -0.1) is 15.2 Å². The third-order valence-electron chi connectivity index (χ3n) is 7.51. The topological polar surface area (TPSA) is 177 Å². The van der Waals surface area contributed by atoms with Crippen LogP contribution in [0.5, 0.6) is 0 Å². The normalized spacial score (nSPS) is 33.5. The van der Waals surface area contributed by atoms with Crippen LogP contribution in [0.25, 0.3) is 5.32 Å². The number of hydrogen-bond acceptors (Lipinski definition) is 15. The van der Waals surface area contributed by atoms with Crippen molar-refractivity contribution in [3.05, 3.63) is 5.32 Å². The SMILES string of the molecule is COC(=O)[C@@H]1CCC(ON2C(ON3C(ON4C(O)CC[C@H]4C(=O)OC)CC[C@H]3C(=O)OC)CC[C@H]2C(=O)OC)[N-]1.[Rh].[Rh]. The number of carbonyl (C=O) groups excluding carboxylic acids is 4. The van der Waals surface area contributed by atoms with Crippen molar-refractivity contribution in [2.24, 2.45) is 0 Å². The fraction of sp³-hybridized carbons (Fsp3) is 0.833. The van der Waals surface area contributed by atoms with Gasteiger partial charge in [-0.05, 0) is 57.2 Å². The van der Waals surface area contributed by atoms with E-state index in [4.69, 9.17) is 33.5 Å². The summed E-state index contributed by atoms with van der Waals surface area (Å²) in [5.74, 6) is -2.15. The summed E-state index contributed by atoms with van der Waals surface area (Å²) in [6.45, 7) is 0. The van der Waals surface area contributed by atoms with E-state index in [1.165, 1.54) is 38.6 Å². The van der Waals surface area contributed by atoms with E-state index in [-0.39, 0.29) is 45.4 Å². The first-order chi connectivity index (χ1) is 19.2. The molecule has 4 heterocycles. The van der Waals surface area contributed by atoms with Gasteiger partial charge in [-0.2, -0.15) is 0 Å². The minimum absolute atomic E-state index is 0. The van der Waals surface area contributed by atoms with Gasteiger partial charge in [0.2, 0.25) is 0 Å². The monoisotopic (exact) mass is 779 g/mol. The van der Waals surface area contributed by atoms with Crippen molar-refractivity contribution in [3.8, 4) is 0 Å². The molecular formula is C24H37N4O12Rh2-. The first-order valence-electron chi connectivity index (χ1n) is 13.3. The zero-order valence-corrected chi connectivity index (χ0v) is 26.9. The Balaban J connectivity index is 0.00000308. The Morgan fingerprint density at radius 3 is 1.50 bits per heavy atom. The van der Waals surface area contributed by atoms with E-state index in [0.717, 1.165) is 5.06 Å². The molecule has 0 saturated carbocycles. The third kappa shape index (κ3) is 8.09. The summed E-state index contributed by atoms with van der Waals surface area (Å²) in [6, 6.07) is -3.21. The van der Waals surface area contributed by atoms with Gasteiger partial charge in [-0.25, -0.2) is 0 Å². The zero-order valence-electron chi connectivity index (χ0n) is 23.7. The first-order valence-corrected chi connectivity index (χ1v) is 13.3. The predicted molar refractivity (Wildman–Crippen MR) is 130 cm³/mol. The molecule has 4 aliphatic rings. The number of methoxy groups -OCH3 is 4. The van der Waals surface area contributed by atoms with Crippen LogP contribution in [0.2, 0.25) is 0 Å². The van der Waals surface area contributed by atoms with Gasteiger partial charge in [0.15, 0.2) is 12.5 Å². The molecule has 0 amide bonds. The summed E-state index contributed by atoms with van der Waals surface area (Å²) in [5, 5.41) is 18.6. The summed E-state index contributed by atoms with van der Waals surface area (Å²) >= 11 is 0. The maximum Gasteiger partial charge on any atom is 0.325 e. The van der Waals surface area contributed by atoms with E-state index in [1.54, 1.807) is 0 Å². The predicted octanol–water partition coefficient (Wildman–Crippen LogP) is -0.306. The molecular weight excluding hydrogens is 742 g/mol. The molecule has 0 aromatic carbocycles. The average Bonchev–Trinajstić information content (AvgIpc) is 3.76. The molecule has 42 heavy (non-hydrogen) atoms. The van der Waals surface area contributed by atoms with Crippen molar-refractivity contribution >= 4 is 23.9 Å². The average molecular weight is 779 g/mol. The van der Waals surface area contributed by atoms with Gasteiger partial charge in [0.1, 0.15) is 24.4 Å². The van der Waals surface area contributed by atoms with Crippen LogP contribution in [-0.4, -0.2) is 122 Å². The second-order valence-electron chi connectivity index (χ2n) is 9.85. The van der Waals surface area contributed by atoms with Gasteiger partial charge >= 0.3 is 17.9 Å². The molecule has 8 atom stereocenters. The molecule has 4 unspecified atom stereocenters. The van der Waals surface area contributed by atoms with Crippen LogP contribution < -0.4 is 0 Å². The second kappa shape index (κ2) is 16.8. The van der Waals surface area contributed by atoms with Gasteiger partial charge < -0.3 is 34.2 Å². The van der Waals surface area contributed by atoms with Crippen LogP contribution in [0, 0.1) is 0 Å². The number of hydrogen-bond donors (Lipinski definition) is 1. The van der Waals surface area contributed by atoms with Crippen LogP contribution >= 0.6 is 0 Å². The van der Waals surface area contributed by atoms with Gasteiger partial charge in [-0.3, -0.25) is 28.9 Å². The Labute approximate surface area is 269 Å². The van der Waals surface area contributed by atoms with E-state index in [9.17, 15) is 24.3 Å². The Morgan fingerprint density at radius 1 is 0.571 bits per heavy atom. The smallest absolute Gasteiger partial charge is 0.325 e. The standard InChI is InChI=1S/C24H37N4O12.2Rh/c1-34-21(30)13-5-9-17(25-13)38-27-15(23(32)36-3)7-11-19(27)40-28-16(24(33)37-4)8-12-20(28)39-26-14(22(31)35-2)6-10-18(26)29;;/h13-20,29H,5-12H2,1-4H3;;/q-1;;/t13-,14-,15-,16-,17?,18?,19?,20?;;/m0../s1. The van der Waals surface area contributed by atoms with Crippen LogP contribution in [0.15, 0.2) is 0 Å². The summed E-state index contributed by atoms with van der Waals surface area (Å²) < 4.78 is 19.5. The molecule has 0 aliphatic carbocycles. The molecule has 16 nitrogen and oxygen atoms in total. The molecule has 0 aromatic heterocycles. The van der Waals surface area contributed by atoms with E-state index in [0.29, 0.717) is 44.9 Å². The molecule has 0 bridgehead atoms. The van der Waals surface area contributed by atoms with Crippen molar-refractivity contribution in [2.45, 2.75) is 100 Å². The first kappa shape index (κ1) is 37.0. The molecule has 4 saturated heterocycles. The maximum atomic E-state index is 12.7. The van der Waals surface area contributed by atoms with E-state index in [1.807, 2.05) is 0 Å². The van der Waals surface area contributed by atoms with Crippen molar-refractivity contribution in [1.29, 1.82) is 0 Å². The van der Waals surface area contributed by atoms with Crippen molar-refractivity contribution < 1.29 is 96.7 Å². The molecule has 244 valence electrons. The molecule has 4 aliphatic heterocycles. The fourth-order valence-corrected chi connectivity index (χ4v) is 5.44. The Bertz CT molecular complexity index is 951. The molecule has 0 spiro atoms. The number of aliphatic hydroxyl groups excluding tert-OH is 1. The molecule has 18 heteroatoms. The van der Waals surface area contributed by atoms with E-state index < -0.39 is 73.0 Å². The number of rotatable bonds is 10. The van der Waals surface area contributed by atoms with Crippen molar-refractivity contribution in [2.75, 3.05) is 28.4 Å². The van der Waals surface area contributed by atoms with Crippen LogP contribution in [0.1, 0.15) is 51.4 Å². The summed E-state index contributed by atoms with van der Waals surface area (Å²) in [7, 11) is 5.05. The maximum absolute atomic E-state index is 12.7. The Hall–Kier alpha value is -1.19. The molecule has 0 aromatic rings. The summed E-state index contributed by atoms with van der Waals surface area (Å²) in [4.78, 5) is 67.8. The minimum Gasteiger partial charge on any atom is -0.623 e. The quantitative estimate of drug-likeness (QED) is 0.174. The van der Waals surface area contributed by atoms with Gasteiger partial charge in [0, 0.05) is 39.0 Å². The van der Waals surface area contributed by atoms with Crippen LogP contribution in [0.4, 0.5) is 0 Å². The number of nitrogens with zero attached hydrogens (tertiary/aromatic N) is 4.